The van der Waals surface area contributed by atoms with Gasteiger partial charge in [-0.25, -0.2) is 0 Å². The number of aliphatic imine (C=N–C) groups is 1. The Labute approximate surface area is 161 Å². The van der Waals surface area contributed by atoms with Crippen LogP contribution in [0.4, 0.5) is 0 Å². The highest BCUT2D eigenvalue weighted by Crippen LogP contribution is 2.17. The molecule has 0 unspecified atom stereocenters. The standard InChI is InChI=1S/C20H31N5O2/c1-21-20(22-13-12-18(26)24-17-6-4-5-7-17)23-14-15-8-10-16(11-9-15)19(27)25(2)3/h8-11,17H,4-7,12-14H2,1-3H3,(H,24,26)(H2,21,22,23). The SMILES string of the molecule is CN=C(NCCC(=O)NC1CCCC1)NCc1ccc(C(=O)N(C)C)cc1. The molecule has 1 fully saturated rings. The Kier molecular flexibility index (Phi) is 8.10. The lowest BCUT2D eigenvalue weighted by Gasteiger charge is -2.14. The van der Waals surface area contributed by atoms with Crippen molar-refractivity contribution < 1.29 is 9.59 Å². The van der Waals surface area contributed by atoms with Crippen molar-refractivity contribution in [1.82, 2.24) is 20.9 Å². The molecule has 2 rings (SSSR count). The van der Waals surface area contributed by atoms with Crippen molar-refractivity contribution in [2.75, 3.05) is 27.7 Å². The van der Waals surface area contributed by atoms with Crippen LogP contribution in [-0.2, 0) is 11.3 Å². The van der Waals surface area contributed by atoms with Crippen LogP contribution in [0.1, 0.15) is 48.0 Å². The van der Waals surface area contributed by atoms with Crippen molar-refractivity contribution >= 4 is 17.8 Å². The first kappa shape index (κ1) is 20.7. The predicted octanol–water partition coefficient (Wildman–Crippen LogP) is 1.50. The van der Waals surface area contributed by atoms with E-state index >= 15 is 0 Å². The number of nitrogens with zero attached hydrogens (tertiary/aromatic N) is 2. The Morgan fingerprint density at radius 1 is 1.11 bits per heavy atom. The lowest BCUT2D eigenvalue weighted by Crippen LogP contribution is -2.40. The molecule has 0 aromatic heterocycles. The third-order valence-corrected chi connectivity index (χ3v) is 4.66. The second-order valence-corrected chi connectivity index (χ2v) is 7.05. The van der Waals surface area contributed by atoms with Gasteiger partial charge in [-0.2, -0.15) is 0 Å². The molecular formula is C20H31N5O2. The molecule has 7 heteroatoms. The number of carbonyl (C=O) groups is 2. The Balaban J connectivity index is 1.70. The van der Waals surface area contributed by atoms with Gasteiger partial charge in [0.25, 0.3) is 5.91 Å². The minimum absolute atomic E-state index is 0.0112. The number of nitrogens with one attached hydrogen (secondary N) is 3. The predicted molar refractivity (Wildman–Crippen MR) is 108 cm³/mol. The molecule has 7 nitrogen and oxygen atoms in total. The zero-order valence-corrected chi connectivity index (χ0v) is 16.5. The third-order valence-electron chi connectivity index (χ3n) is 4.66. The second-order valence-electron chi connectivity index (χ2n) is 7.05. The number of amides is 2. The first-order chi connectivity index (χ1) is 13.0. The highest BCUT2D eigenvalue weighted by atomic mass is 16.2. The molecule has 0 atom stereocenters. The smallest absolute Gasteiger partial charge is 0.253 e. The fourth-order valence-corrected chi connectivity index (χ4v) is 3.09. The average molecular weight is 374 g/mol. The Morgan fingerprint density at radius 3 is 2.37 bits per heavy atom. The molecule has 1 aliphatic rings. The zero-order valence-electron chi connectivity index (χ0n) is 16.5. The minimum Gasteiger partial charge on any atom is -0.356 e. The van der Waals surface area contributed by atoms with E-state index in [2.05, 4.69) is 20.9 Å². The summed E-state index contributed by atoms with van der Waals surface area (Å²) in [7, 11) is 5.18. The fourth-order valence-electron chi connectivity index (χ4n) is 3.09. The van der Waals surface area contributed by atoms with Crippen molar-refractivity contribution in [3.8, 4) is 0 Å². The third kappa shape index (κ3) is 6.92. The molecule has 0 bridgehead atoms. The lowest BCUT2D eigenvalue weighted by molar-refractivity contribution is -0.121. The van der Waals surface area contributed by atoms with Gasteiger partial charge in [-0.1, -0.05) is 25.0 Å². The first-order valence-corrected chi connectivity index (χ1v) is 9.54. The summed E-state index contributed by atoms with van der Waals surface area (Å²) in [6.07, 6.45) is 5.05. The summed E-state index contributed by atoms with van der Waals surface area (Å²) in [5.41, 5.74) is 1.71. The molecule has 0 aliphatic heterocycles. The molecule has 0 heterocycles. The number of benzene rings is 1. The number of hydrogen-bond donors (Lipinski definition) is 3. The van der Waals surface area contributed by atoms with Crippen LogP contribution in [0.5, 0.6) is 0 Å². The van der Waals surface area contributed by atoms with Gasteiger partial charge >= 0.3 is 0 Å². The summed E-state index contributed by atoms with van der Waals surface area (Å²) in [6.45, 7) is 1.12. The van der Waals surface area contributed by atoms with E-state index in [4.69, 9.17) is 0 Å². The van der Waals surface area contributed by atoms with Crippen molar-refractivity contribution in [2.24, 2.45) is 4.99 Å². The monoisotopic (exact) mass is 373 g/mol. The summed E-state index contributed by atoms with van der Waals surface area (Å²) < 4.78 is 0. The summed E-state index contributed by atoms with van der Waals surface area (Å²) in [4.78, 5) is 29.6. The van der Waals surface area contributed by atoms with Gasteiger partial charge in [0, 0.05) is 52.3 Å². The van der Waals surface area contributed by atoms with E-state index < -0.39 is 0 Å². The van der Waals surface area contributed by atoms with E-state index in [1.807, 2.05) is 24.3 Å². The maximum atomic E-state index is 11.9. The molecule has 0 radical (unpaired) electrons. The van der Waals surface area contributed by atoms with Crippen LogP contribution in [0.15, 0.2) is 29.3 Å². The summed E-state index contributed by atoms with van der Waals surface area (Å²) in [5, 5.41) is 9.45. The number of guanidine groups is 1. The van der Waals surface area contributed by atoms with E-state index in [1.54, 1.807) is 26.0 Å². The van der Waals surface area contributed by atoms with Crippen LogP contribution >= 0.6 is 0 Å². The van der Waals surface area contributed by atoms with E-state index in [0.717, 1.165) is 18.4 Å². The molecule has 3 N–H and O–H groups in total. The highest BCUT2D eigenvalue weighted by Gasteiger charge is 2.16. The maximum Gasteiger partial charge on any atom is 0.253 e. The Bertz CT molecular complexity index is 649. The van der Waals surface area contributed by atoms with Crippen molar-refractivity contribution in [3.63, 3.8) is 0 Å². The molecule has 1 aliphatic carbocycles. The van der Waals surface area contributed by atoms with E-state index in [1.165, 1.54) is 12.8 Å². The molecule has 27 heavy (non-hydrogen) atoms. The van der Waals surface area contributed by atoms with E-state index in [-0.39, 0.29) is 11.8 Å². The van der Waals surface area contributed by atoms with Crippen LogP contribution in [0.2, 0.25) is 0 Å². The second kappa shape index (κ2) is 10.5. The quantitative estimate of drug-likeness (QED) is 0.499. The van der Waals surface area contributed by atoms with Gasteiger partial charge in [0.2, 0.25) is 5.91 Å². The number of carbonyl (C=O) groups excluding carboxylic acids is 2. The normalized spacial score (nSPS) is 14.7. The van der Waals surface area contributed by atoms with Crippen LogP contribution < -0.4 is 16.0 Å². The minimum atomic E-state index is -0.0112. The Morgan fingerprint density at radius 2 is 1.78 bits per heavy atom. The largest absolute Gasteiger partial charge is 0.356 e. The van der Waals surface area contributed by atoms with Gasteiger partial charge in [0.05, 0.1) is 0 Å². The van der Waals surface area contributed by atoms with Crippen LogP contribution in [0.3, 0.4) is 0 Å². The fraction of sp³-hybridized carbons (Fsp3) is 0.550. The van der Waals surface area contributed by atoms with Crippen molar-refractivity contribution in [3.05, 3.63) is 35.4 Å². The maximum absolute atomic E-state index is 11.9. The summed E-state index contributed by atoms with van der Waals surface area (Å²) >= 11 is 0. The summed E-state index contributed by atoms with van der Waals surface area (Å²) in [6, 6.07) is 7.85. The molecule has 1 saturated carbocycles. The lowest BCUT2D eigenvalue weighted by atomic mass is 10.1. The van der Waals surface area contributed by atoms with Crippen molar-refractivity contribution in [1.29, 1.82) is 0 Å². The molecular weight excluding hydrogens is 342 g/mol. The van der Waals surface area contributed by atoms with Gasteiger partial charge in [0.1, 0.15) is 0 Å². The number of rotatable bonds is 7. The molecule has 148 valence electrons. The molecule has 2 amide bonds. The van der Waals surface area contributed by atoms with Gasteiger partial charge in [0.15, 0.2) is 5.96 Å². The highest BCUT2D eigenvalue weighted by molar-refractivity contribution is 5.93. The molecule has 0 spiro atoms. The van der Waals surface area contributed by atoms with Gasteiger partial charge in [-0.3, -0.25) is 14.6 Å². The van der Waals surface area contributed by atoms with Gasteiger partial charge < -0.3 is 20.9 Å². The molecule has 1 aromatic rings. The molecule has 1 aromatic carbocycles. The topological polar surface area (TPSA) is 85.8 Å². The van der Waals surface area contributed by atoms with Crippen molar-refractivity contribution in [2.45, 2.75) is 44.7 Å². The van der Waals surface area contributed by atoms with Crippen LogP contribution in [0, 0.1) is 0 Å². The first-order valence-electron chi connectivity index (χ1n) is 9.54. The van der Waals surface area contributed by atoms with Gasteiger partial charge in [-0.05, 0) is 30.5 Å². The van der Waals surface area contributed by atoms with Gasteiger partial charge in [-0.15, -0.1) is 0 Å². The zero-order chi connectivity index (χ0) is 19.6. The van der Waals surface area contributed by atoms with E-state index in [0.29, 0.717) is 37.1 Å². The molecule has 0 saturated heterocycles. The Hall–Kier alpha value is -2.57. The van der Waals surface area contributed by atoms with Crippen LogP contribution in [0.25, 0.3) is 0 Å². The number of hydrogen-bond acceptors (Lipinski definition) is 3. The van der Waals surface area contributed by atoms with E-state index in [9.17, 15) is 9.59 Å². The van der Waals surface area contributed by atoms with Crippen LogP contribution in [-0.4, -0.2) is 56.4 Å². The summed E-state index contributed by atoms with van der Waals surface area (Å²) in [5.74, 6) is 0.728. The average Bonchev–Trinajstić information content (AvgIpc) is 3.17.